The zero-order chi connectivity index (χ0) is 21.3. The number of hydrogen-bond acceptors (Lipinski definition) is 9. The van der Waals surface area contributed by atoms with Gasteiger partial charge in [-0.1, -0.05) is 0 Å². The van der Waals surface area contributed by atoms with Gasteiger partial charge < -0.3 is 14.7 Å². The normalized spacial score (nSPS) is 11.0. The molecule has 0 spiro atoms. The molecule has 152 valence electrons. The number of aromatic nitrogens is 5. The summed E-state index contributed by atoms with van der Waals surface area (Å²) in [7, 11) is 1.63. The van der Waals surface area contributed by atoms with Crippen LogP contribution in [0.25, 0.3) is 22.8 Å². The fraction of sp³-hybridized carbons (Fsp3) is 0.200. The number of ketones is 1. The molecule has 4 aromatic rings. The maximum atomic E-state index is 12.9. The van der Waals surface area contributed by atoms with Gasteiger partial charge in [-0.2, -0.15) is 0 Å². The summed E-state index contributed by atoms with van der Waals surface area (Å²) in [6, 6.07) is 3.03. The summed E-state index contributed by atoms with van der Waals surface area (Å²) in [5.74, 6) is -0.0238. The Labute approximate surface area is 175 Å². The van der Waals surface area contributed by atoms with Crippen molar-refractivity contribution in [2.24, 2.45) is 7.05 Å². The van der Waals surface area contributed by atoms with Gasteiger partial charge in [-0.3, -0.25) is 9.59 Å². The van der Waals surface area contributed by atoms with Crippen LogP contribution in [0.4, 0.5) is 5.82 Å². The Hall–Kier alpha value is -3.66. The lowest BCUT2D eigenvalue weighted by molar-refractivity contribution is 0.0978. The number of rotatable bonds is 6. The molecular weight excluding hydrogens is 404 g/mol. The summed E-state index contributed by atoms with van der Waals surface area (Å²) in [5.41, 5.74) is 9.85. The maximum Gasteiger partial charge on any atom is 0.250 e. The van der Waals surface area contributed by atoms with E-state index in [0.29, 0.717) is 23.4 Å². The second kappa shape index (κ2) is 7.99. The molecule has 0 radical (unpaired) electrons. The fourth-order valence-corrected chi connectivity index (χ4v) is 3.63. The molecule has 0 saturated heterocycles. The summed E-state index contributed by atoms with van der Waals surface area (Å²) in [4.78, 5) is 43.0. The summed E-state index contributed by atoms with van der Waals surface area (Å²) < 4.78 is 6.79. The largest absolute Gasteiger partial charge is 0.443 e. The van der Waals surface area contributed by atoms with Crippen molar-refractivity contribution < 1.29 is 9.21 Å². The lowest BCUT2D eigenvalue weighted by Gasteiger charge is -2.11. The number of nitrogens with two attached hydrogens (primary N) is 1. The van der Waals surface area contributed by atoms with Gasteiger partial charge in [0.1, 0.15) is 17.7 Å². The first kappa shape index (κ1) is 19.6. The average Bonchev–Trinajstić information content (AvgIpc) is 3.40. The van der Waals surface area contributed by atoms with Gasteiger partial charge in [0.25, 0.3) is 0 Å². The molecule has 0 atom stereocenters. The number of carbonyl (C=O) groups is 1. The van der Waals surface area contributed by atoms with E-state index >= 15 is 0 Å². The third-order valence-corrected chi connectivity index (χ3v) is 5.41. The summed E-state index contributed by atoms with van der Waals surface area (Å²) in [6.45, 7) is 1.97. The van der Waals surface area contributed by atoms with Crippen molar-refractivity contribution in [1.29, 1.82) is 0 Å². The molecule has 0 aromatic carbocycles. The topological polar surface area (TPSA) is 130 Å². The SMILES string of the molecule is Cc1scnc1CCC(=O)c1nc(-c2ccc(=O)n(C)c2)c(-c2ncco2)nc1N. The van der Waals surface area contributed by atoms with Gasteiger partial charge in [0, 0.05) is 36.2 Å². The van der Waals surface area contributed by atoms with Crippen molar-refractivity contribution >= 4 is 22.9 Å². The second-order valence-corrected chi connectivity index (χ2v) is 7.70. The van der Waals surface area contributed by atoms with Gasteiger partial charge in [0.2, 0.25) is 11.4 Å². The summed E-state index contributed by atoms with van der Waals surface area (Å²) >= 11 is 1.54. The van der Waals surface area contributed by atoms with Crippen LogP contribution in [0.3, 0.4) is 0 Å². The molecule has 0 aliphatic heterocycles. The van der Waals surface area contributed by atoms with Crippen LogP contribution in [0.1, 0.15) is 27.5 Å². The highest BCUT2D eigenvalue weighted by atomic mass is 32.1. The Bertz CT molecular complexity index is 1280. The third kappa shape index (κ3) is 3.77. The first-order chi connectivity index (χ1) is 14.4. The molecule has 0 unspecified atom stereocenters. The number of Topliss-reactive ketones (excluding diaryl/α,β-unsaturated/α-hetero) is 1. The minimum Gasteiger partial charge on any atom is -0.443 e. The maximum absolute atomic E-state index is 12.9. The lowest BCUT2D eigenvalue weighted by Crippen LogP contribution is -2.15. The van der Waals surface area contributed by atoms with Crippen molar-refractivity contribution in [2.75, 3.05) is 5.73 Å². The Morgan fingerprint density at radius 2 is 2.07 bits per heavy atom. The number of hydrogen-bond donors (Lipinski definition) is 1. The number of thiazole rings is 1. The van der Waals surface area contributed by atoms with Crippen molar-refractivity contribution in [3.8, 4) is 22.8 Å². The van der Waals surface area contributed by atoms with Gasteiger partial charge in [-0.25, -0.2) is 19.9 Å². The van der Waals surface area contributed by atoms with E-state index in [0.717, 1.165) is 10.6 Å². The van der Waals surface area contributed by atoms with E-state index < -0.39 is 0 Å². The van der Waals surface area contributed by atoms with Gasteiger partial charge in [-0.05, 0) is 19.4 Å². The first-order valence-corrected chi connectivity index (χ1v) is 9.98. The first-order valence-electron chi connectivity index (χ1n) is 9.10. The van der Waals surface area contributed by atoms with Crippen LogP contribution in [0.5, 0.6) is 0 Å². The zero-order valence-corrected chi connectivity index (χ0v) is 17.1. The number of anilines is 1. The minimum absolute atomic E-state index is 0.00299. The molecule has 0 aliphatic carbocycles. The molecular formula is C20H18N6O3S. The molecule has 10 heteroatoms. The number of nitrogen functional groups attached to an aromatic ring is 1. The van der Waals surface area contributed by atoms with Gasteiger partial charge in [0.15, 0.2) is 17.3 Å². The number of aryl methyl sites for hydroxylation is 3. The summed E-state index contributed by atoms with van der Waals surface area (Å²) in [6.07, 6.45) is 5.20. The number of pyridine rings is 1. The van der Waals surface area contributed by atoms with Crippen LogP contribution >= 0.6 is 11.3 Å². The van der Waals surface area contributed by atoms with E-state index in [1.807, 2.05) is 6.92 Å². The highest BCUT2D eigenvalue weighted by Crippen LogP contribution is 2.30. The number of nitrogens with zero attached hydrogens (tertiary/aromatic N) is 5. The molecule has 4 heterocycles. The van der Waals surface area contributed by atoms with Gasteiger partial charge in [-0.15, -0.1) is 11.3 Å². The molecule has 4 rings (SSSR count). The number of oxazole rings is 1. The lowest BCUT2D eigenvalue weighted by atomic mass is 10.1. The van der Waals surface area contributed by atoms with Crippen LogP contribution in [0, 0.1) is 6.92 Å². The van der Waals surface area contributed by atoms with Crippen molar-refractivity contribution in [3.63, 3.8) is 0 Å². The molecule has 9 nitrogen and oxygen atoms in total. The van der Waals surface area contributed by atoms with Crippen LogP contribution in [0.2, 0.25) is 0 Å². The Morgan fingerprint density at radius 3 is 2.73 bits per heavy atom. The Morgan fingerprint density at radius 1 is 1.23 bits per heavy atom. The molecule has 0 aliphatic rings. The predicted octanol–water partition coefficient (Wildman–Crippen LogP) is 2.66. The Kier molecular flexibility index (Phi) is 5.23. The number of carbonyl (C=O) groups excluding carboxylic acids is 1. The van der Waals surface area contributed by atoms with Crippen LogP contribution in [-0.4, -0.2) is 30.3 Å². The van der Waals surface area contributed by atoms with Crippen LogP contribution in [-0.2, 0) is 13.5 Å². The molecule has 0 bridgehead atoms. The fourth-order valence-electron chi connectivity index (χ4n) is 3.00. The molecule has 4 aromatic heterocycles. The minimum atomic E-state index is -0.238. The standard InChI is InChI=1S/C20H18N6O3S/c1-11-13(23-10-30-11)4-5-14(27)17-19(21)25-18(20-22-7-8-29-20)16(24-17)12-3-6-15(28)26(2)9-12/h3,6-10H,4-5H2,1-2H3,(H2,21,25). The average molecular weight is 422 g/mol. The highest BCUT2D eigenvalue weighted by molar-refractivity contribution is 7.09. The summed E-state index contributed by atoms with van der Waals surface area (Å²) in [5, 5.41) is 0. The quantitative estimate of drug-likeness (QED) is 0.469. The van der Waals surface area contributed by atoms with Crippen molar-refractivity contribution in [1.82, 2.24) is 24.5 Å². The third-order valence-electron chi connectivity index (χ3n) is 4.61. The van der Waals surface area contributed by atoms with Gasteiger partial charge >= 0.3 is 0 Å². The smallest absolute Gasteiger partial charge is 0.250 e. The highest BCUT2D eigenvalue weighted by Gasteiger charge is 2.22. The van der Waals surface area contributed by atoms with E-state index in [-0.39, 0.29) is 35.2 Å². The molecule has 30 heavy (non-hydrogen) atoms. The zero-order valence-electron chi connectivity index (χ0n) is 16.3. The van der Waals surface area contributed by atoms with E-state index in [9.17, 15) is 9.59 Å². The van der Waals surface area contributed by atoms with E-state index in [1.54, 1.807) is 24.8 Å². The van der Waals surface area contributed by atoms with E-state index in [4.69, 9.17) is 10.2 Å². The molecule has 0 saturated carbocycles. The van der Waals surface area contributed by atoms with E-state index in [1.165, 1.54) is 34.4 Å². The van der Waals surface area contributed by atoms with E-state index in [2.05, 4.69) is 19.9 Å². The van der Waals surface area contributed by atoms with Gasteiger partial charge in [0.05, 0.1) is 17.4 Å². The molecule has 0 fully saturated rings. The monoisotopic (exact) mass is 422 g/mol. The molecule has 2 N–H and O–H groups in total. The molecule has 0 amide bonds. The van der Waals surface area contributed by atoms with Crippen LogP contribution in [0.15, 0.2) is 45.5 Å². The van der Waals surface area contributed by atoms with Crippen LogP contribution < -0.4 is 11.3 Å². The van der Waals surface area contributed by atoms with Crippen molar-refractivity contribution in [2.45, 2.75) is 19.8 Å². The van der Waals surface area contributed by atoms with Crippen molar-refractivity contribution in [3.05, 3.63) is 62.9 Å². The predicted molar refractivity (Wildman–Crippen MR) is 112 cm³/mol. The Balaban J connectivity index is 1.76. The second-order valence-electron chi connectivity index (χ2n) is 6.64.